The van der Waals surface area contributed by atoms with Crippen LogP contribution in [0.5, 0.6) is 0 Å². The van der Waals surface area contributed by atoms with Crippen molar-refractivity contribution in [3.63, 3.8) is 0 Å². The second kappa shape index (κ2) is 10.4. The Hall–Kier alpha value is -0.780. The first-order valence-corrected chi connectivity index (χ1v) is 11.4. The van der Waals surface area contributed by atoms with Gasteiger partial charge in [0.25, 0.3) is 0 Å². The van der Waals surface area contributed by atoms with Crippen molar-refractivity contribution >= 4 is 0 Å². The zero-order chi connectivity index (χ0) is 17.3. The Morgan fingerprint density at radius 1 is 0.640 bits per heavy atom. The van der Waals surface area contributed by atoms with Crippen LogP contribution in [0.15, 0.2) is 30.3 Å². The first-order valence-electron chi connectivity index (χ1n) is 11.4. The molecule has 0 heterocycles. The van der Waals surface area contributed by atoms with Crippen molar-refractivity contribution < 1.29 is 0 Å². The molecular formula is C25H40. The molecule has 1 aromatic carbocycles. The van der Waals surface area contributed by atoms with Gasteiger partial charge >= 0.3 is 0 Å². The van der Waals surface area contributed by atoms with Gasteiger partial charge in [-0.25, -0.2) is 0 Å². The van der Waals surface area contributed by atoms with E-state index >= 15 is 0 Å². The minimum Gasteiger partial charge on any atom is -0.0654 e. The lowest BCUT2D eigenvalue weighted by Gasteiger charge is -2.30. The number of hydrogen-bond acceptors (Lipinski definition) is 0. The van der Waals surface area contributed by atoms with Gasteiger partial charge in [-0.15, -0.1) is 0 Å². The van der Waals surface area contributed by atoms with Crippen LogP contribution in [0, 0.1) is 17.8 Å². The summed E-state index contributed by atoms with van der Waals surface area (Å²) in [7, 11) is 0. The van der Waals surface area contributed by atoms with Crippen molar-refractivity contribution in [3.05, 3.63) is 35.9 Å². The molecule has 25 heavy (non-hydrogen) atoms. The van der Waals surface area contributed by atoms with Crippen LogP contribution in [-0.2, 0) is 0 Å². The molecule has 140 valence electrons. The van der Waals surface area contributed by atoms with Crippen molar-refractivity contribution in [1.82, 2.24) is 0 Å². The second-order valence-corrected chi connectivity index (χ2v) is 9.09. The molecule has 2 fully saturated rings. The van der Waals surface area contributed by atoms with E-state index in [1.165, 1.54) is 89.9 Å². The van der Waals surface area contributed by atoms with Crippen LogP contribution < -0.4 is 0 Å². The third-order valence-corrected chi connectivity index (χ3v) is 7.26. The summed E-state index contributed by atoms with van der Waals surface area (Å²) in [6.07, 6.45) is 20.8. The Balaban J connectivity index is 1.25. The summed E-state index contributed by atoms with van der Waals surface area (Å²) in [5.41, 5.74) is 1.58. The summed E-state index contributed by atoms with van der Waals surface area (Å²) in [4.78, 5) is 0. The fourth-order valence-corrected chi connectivity index (χ4v) is 5.59. The maximum absolute atomic E-state index is 2.35. The Kier molecular flexibility index (Phi) is 7.89. The van der Waals surface area contributed by atoms with Crippen molar-refractivity contribution in [1.29, 1.82) is 0 Å². The third kappa shape index (κ3) is 6.15. The highest BCUT2D eigenvalue weighted by Gasteiger charge is 2.23. The van der Waals surface area contributed by atoms with Crippen LogP contribution in [-0.4, -0.2) is 0 Å². The topological polar surface area (TPSA) is 0 Å². The summed E-state index contributed by atoms with van der Waals surface area (Å²) in [6, 6.07) is 11.2. The van der Waals surface area contributed by atoms with Crippen molar-refractivity contribution in [2.45, 2.75) is 103 Å². The molecule has 1 aromatic rings. The standard InChI is InChI=1S/C25H40/c1-2-8-21-13-15-22(16-14-21)9-6-7-10-23-17-19-25(20-18-23)24-11-4-3-5-12-24/h3-5,11-12,21-23,25H,2,6-10,13-20H2,1H3/t21-,22-,23-,25-. The largest absolute Gasteiger partial charge is 0.0654 e. The maximum Gasteiger partial charge on any atom is -0.0162 e. The molecule has 0 bridgehead atoms. The van der Waals surface area contributed by atoms with Gasteiger partial charge in [-0.3, -0.25) is 0 Å². The molecule has 0 spiro atoms. The number of unbranched alkanes of at least 4 members (excludes halogenated alkanes) is 1. The van der Waals surface area contributed by atoms with E-state index in [2.05, 4.69) is 37.3 Å². The highest BCUT2D eigenvalue weighted by atomic mass is 14.3. The van der Waals surface area contributed by atoms with Crippen LogP contribution >= 0.6 is 0 Å². The first kappa shape index (κ1) is 19.0. The van der Waals surface area contributed by atoms with Gasteiger partial charge in [0.05, 0.1) is 0 Å². The highest BCUT2D eigenvalue weighted by Crippen LogP contribution is 2.38. The predicted molar refractivity (Wildman–Crippen MR) is 110 cm³/mol. The normalized spacial score (nSPS) is 30.3. The third-order valence-electron chi connectivity index (χ3n) is 7.26. The van der Waals surface area contributed by atoms with Crippen LogP contribution in [0.1, 0.15) is 108 Å². The van der Waals surface area contributed by atoms with Gasteiger partial charge in [-0.05, 0) is 54.9 Å². The van der Waals surface area contributed by atoms with Crippen LogP contribution in [0.25, 0.3) is 0 Å². The zero-order valence-corrected chi connectivity index (χ0v) is 16.6. The molecule has 0 atom stereocenters. The summed E-state index contributed by atoms with van der Waals surface area (Å²) in [5.74, 6) is 4.01. The van der Waals surface area contributed by atoms with Gasteiger partial charge < -0.3 is 0 Å². The average molecular weight is 341 g/mol. The molecule has 2 aliphatic rings. The SMILES string of the molecule is CCC[C@H]1CC[C@H](CCCC[C@H]2CC[C@H](c3ccccc3)CC2)CC1. The van der Waals surface area contributed by atoms with Crippen LogP contribution in [0.3, 0.4) is 0 Å². The van der Waals surface area contributed by atoms with Crippen molar-refractivity contribution in [2.24, 2.45) is 17.8 Å². The van der Waals surface area contributed by atoms with E-state index in [4.69, 9.17) is 0 Å². The first-order chi connectivity index (χ1) is 12.3. The molecule has 3 rings (SSSR count). The van der Waals surface area contributed by atoms with Crippen molar-refractivity contribution in [2.75, 3.05) is 0 Å². The molecule has 0 heteroatoms. The maximum atomic E-state index is 2.35. The van der Waals surface area contributed by atoms with Gasteiger partial charge in [-0.2, -0.15) is 0 Å². The van der Waals surface area contributed by atoms with Crippen LogP contribution in [0.4, 0.5) is 0 Å². The van der Waals surface area contributed by atoms with E-state index in [1.54, 1.807) is 5.56 Å². The van der Waals surface area contributed by atoms with Crippen LogP contribution in [0.2, 0.25) is 0 Å². The van der Waals surface area contributed by atoms with Gasteiger partial charge in [0.1, 0.15) is 0 Å². The lowest BCUT2D eigenvalue weighted by molar-refractivity contribution is 0.243. The summed E-state index contributed by atoms with van der Waals surface area (Å²) < 4.78 is 0. The molecule has 0 amide bonds. The van der Waals surface area contributed by atoms with E-state index in [0.717, 1.165) is 23.7 Å². The Morgan fingerprint density at radius 2 is 1.12 bits per heavy atom. The van der Waals surface area contributed by atoms with E-state index in [1.807, 2.05) is 0 Å². The monoisotopic (exact) mass is 340 g/mol. The molecule has 2 saturated carbocycles. The lowest BCUT2D eigenvalue weighted by Crippen LogP contribution is -2.15. The predicted octanol–water partition coefficient (Wildman–Crippen LogP) is 8.13. The minimum atomic E-state index is 0.843. The fourth-order valence-electron chi connectivity index (χ4n) is 5.59. The highest BCUT2D eigenvalue weighted by molar-refractivity contribution is 5.19. The molecule has 0 radical (unpaired) electrons. The lowest BCUT2D eigenvalue weighted by atomic mass is 9.76. The fraction of sp³-hybridized carbons (Fsp3) is 0.760. The Morgan fingerprint density at radius 3 is 1.64 bits per heavy atom. The molecule has 0 nitrogen and oxygen atoms in total. The van der Waals surface area contributed by atoms with Gasteiger partial charge in [0, 0.05) is 0 Å². The Bertz CT molecular complexity index is 446. The molecule has 0 saturated heterocycles. The summed E-state index contributed by atoms with van der Waals surface area (Å²) >= 11 is 0. The minimum absolute atomic E-state index is 0.843. The molecule has 2 aliphatic carbocycles. The summed E-state index contributed by atoms with van der Waals surface area (Å²) in [5, 5.41) is 0. The number of rotatable bonds is 8. The van der Waals surface area contributed by atoms with E-state index in [-0.39, 0.29) is 0 Å². The quantitative estimate of drug-likeness (QED) is 0.419. The van der Waals surface area contributed by atoms with E-state index in [0.29, 0.717) is 0 Å². The second-order valence-electron chi connectivity index (χ2n) is 9.09. The van der Waals surface area contributed by atoms with Crippen molar-refractivity contribution in [3.8, 4) is 0 Å². The van der Waals surface area contributed by atoms with E-state index in [9.17, 15) is 0 Å². The molecule has 0 aromatic heterocycles. The van der Waals surface area contributed by atoms with Gasteiger partial charge in [0.15, 0.2) is 0 Å². The molecular weight excluding hydrogens is 300 g/mol. The smallest absolute Gasteiger partial charge is 0.0162 e. The molecule has 0 unspecified atom stereocenters. The van der Waals surface area contributed by atoms with E-state index < -0.39 is 0 Å². The number of hydrogen-bond donors (Lipinski definition) is 0. The molecule has 0 N–H and O–H groups in total. The van der Waals surface area contributed by atoms with Gasteiger partial charge in [0.2, 0.25) is 0 Å². The van der Waals surface area contributed by atoms with Gasteiger partial charge in [-0.1, -0.05) is 101 Å². The number of benzene rings is 1. The zero-order valence-electron chi connectivity index (χ0n) is 16.6. The average Bonchev–Trinajstić information content (AvgIpc) is 2.68. The Labute approximate surface area is 156 Å². The molecule has 0 aliphatic heterocycles. The summed E-state index contributed by atoms with van der Waals surface area (Å²) in [6.45, 7) is 2.35.